The predicted octanol–water partition coefficient (Wildman–Crippen LogP) is 4.95. The number of pyridine rings is 2. The van der Waals surface area contributed by atoms with Crippen LogP contribution >= 0.6 is 0 Å². The van der Waals surface area contributed by atoms with E-state index in [2.05, 4.69) is 87.1 Å². The average Bonchev–Trinajstić information content (AvgIpc) is 3.19. The normalized spacial score (nSPS) is 11.0. The second kappa shape index (κ2) is 6.54. The van der Waals surface area contributed by atoms with Gasteiger partial charge in [-0.25, -0.2) is 9.38 Å². The van der Waals surface area contributed by atoms with E-state index in [0.717, 1.165) is 11.5 Å². The Balaban J connectivity index is 1.82. The van der Waals surface area contributed by atoms with E-state index in [0.29, 0.717) is 0 Å². The van der Waals surface area contributed by atoms with Gasteiger partial charge in [0.2, 0.25) is 5.82 Å². The van der Waals surface area contributed by atoms with Crippen molar-refractivity contribution in [3.05, 3.63) is 110 Å². The van der Waals surface area contributed by atoms with Crippen LogP contribution in [0.4, 0.5) is 0 Å². The summed E-state index contributed by atoms with van der Waals surface area (Å²) in [5.74, 6) is 0.907. The molecule has 3 nitrogen and oxygen atoms in total. The second-order valence-electron chi connectivity index (χ2n) is 6.46. The van der Waals surface area contributed by atoms with Gasteiger partial charge in [0.25, 0.3) is 0 Å². The molecule has 0 fully saturated rings. The predicted molar refractivity (Wildman–Crippen MR) is 108 cm³/mol. The third-order valence-corrected chi connectivity index (χ3v) is 4.76. The molecule has 128 valence electrons. The molecule has 0 atom stereocenters. The summed E-state index contributed by atoms with van der Waals surface area (Å²) in [4.78, 5) is 4.54. The molecule has 0 bridgehead atoms. The Bertz CT molecular complexity index is 1190. The number of hydrogen-bond donors (Lipinski definition) is 0. The molecule has 3 heterocycles. The lowest BCUT2D eigenvalue weighted by Crippen LogP contribution is -2.20. The van der Waals surface area contributed by atoms with E-state index in [1.807, 2.05) is 36.5 Å². The van der Waals surface area contributed by atoms with E-state index in [1.54, 1.807) is 0 Å². The number of hydrogen-bond acceptors (Lipinski definition) is 1. The molecule has 0 aliphatic carbocycles. The molecule has 3 aromatic heterocycles. The number of nitrogens with zero attached hydrogens (tertiary/aromatic N) is 3. The maximum absolute atomic E-state index is 4.54. The first kappa shape index (κ1) is 15.5. The van der Waals surface area contributed by atoms with Crippen LogP contribution in [0.5, 0.6) is 0 Å². The van der Waals surface area contributed by atoms with E-state index in [9.17, 15) is 0 Å². The van der Waals surface area contributed by atoms with Crippen molar-refractivity contribution in [2.24, 2.45) is 0 Å². The number of aromatic nitrogens is 3. The Morgan fingerprint density at radius 1 is 0.704 bits per heavy atom. The molecular formula is C24H18N3+. The highest BCUT2D eigenvalue weighted by molar-refractivity contribution is 5.80. The molecule has 0 N–H and O–H groups in total. The number of rotatable bonds is 3. The number of fused-ring (bicyclic) bond motifs is 1. The van der Waals surface area contributed by atoms with Gasteiger partial charge in [0.05, 0.1) is 5.56 Å². The summed E-state index contributed by atoms with van der Waals surface area (Å²) in [6, 6.07) is 29.2. The molecule has 2 aromatic carbocycles. The first-order valence-corrected chi connectivity index (χ1v) is 8.99. The maximum Gasteiger partial charge on any atom is 0.300 e. The molecule has 0 saturated carbocycles. The van der Waals surface area contributed by atoms with Gasteiger partial charge in [-0.3, -0.25) is 0 Å². The van der Waals surface area contributed by atoms with E-state index in [4.69, 9.17) is 0 Å². The van der Waals surface area contributed by atoms with Gasteiger partial charge in [0.15, 0.2) is 0 Å². The van der Waals surface area contributed by atoms with Crippen LogP contribution in [-0.2, 0) is 0 Å². The quantitative estimate of drug-likeness (QED) is 0.423. The summed E-state index contributed by atoms with van der Waals surface area (Å²) in [6.07, 6.45) is 8.16. The fraction of sp³-hybridized carbons (Fsp3) is 0. The van der Waals surface area contributed by atoms with Crippen LogP contribution in [0.3, 0.4) is 0 Å². The average molecular weight is 348 g/mol. The van der Waals surface area contributed by atoms with Gasteiger partial charge in [-0.05, 0) is 23.3 Å². The van der Waals surface area contributed by atoms with Gasteiger partial charge in [0, 0.05) is 17.8 Å². The van der Waals surface area contributed by atoms with Crippen LogP contribution < -0.4 is 4.40 Å². The number of benzene rings is 2. The zero-order valence-corrected chi connectivity index (χ0v) is 14.7. The van der Waals surface area contributed by atoms with Gasteiger partial charge in [-0.15, -0.1) is 0 Å². The zero-order valence-electron chi connectivity index (χ0n) is 14.7. The van der Waals surface area contributed by atoms with Crippen LogP contribution in [0.1, 0.15) is 0 Å². The van der Waals surface area contributed by atoms with Gasteiger partial charge >= 0.3 is 5.65 Å². The first-order valence-electron chi connectivity index (χ1n) is 8.99. The van der Waals surface area contributed by atoms with Crippen LogP contribution in [0, 0.1) is 0 Å². The van der Waals surface area contributed by atoms with Gasteiger partial charge < -0.3 is 0 Å². The maximum atomic E-state index is 4.54. The molecule has 0 radical (unpaired) electrons. The van der Waals surface area contributed by atoms with Crippen LogP contribution in [0.15, 0.2) is 110 Å². The molecule has 0 aliphatic rings. The summed E-state index contributed by atoms with van der Waals surface area (Å²) in [5, 5.41) is 0. The van der Waals surface area contributed by atoms with Crippen molar-refractivity contribution in [2.45, 2.75) is 0 Å². The molecule has 0 saturated heterocycles. The lowest BCUT2D eigenvalue weighted by molar-refractivity contribution is -0.509. The highest BCUT2D eigenvalue weighted by Crippen LogP contribution is 2.29. The van der Waals surface area contributed by atoms with Crippen LogP contribution in [-0.4, -0.2) is 9.55 Å². The Labute approximate surface area is 157 Å². The monoisotopic (exact) mass is 348 g/mol. The van der Waals surface area contributed by atoms with Crippen molar-refractivity contribution < 1.29 is 4.40 Å². The largest absolute Gasteiger partial charge is 0.300 e. The lowest BCUT2D eigenvalue weighted by Gasteiger charge is -2.07. The Morgan fingerprint density at radius 3 is 2.11 bits per heavy atom. The summed E-state index contributed by atoms with van der Waals surface area (Å²) in [6.45, 7) is 0. The molecule has 27 heavy (non-hydrogen) atoms. The van der Waals surface area contributed by atoms with Crippen molar-refractivity contribution in [3.8, 4) is 28.1 Å². The van der Waals surface area contributed by atoms with Gasteiger partial charge in [-0.1, -0.05) is 66.7 Å². The molecule has 0 spiro atoms. The second-order valence-corrected chi connectivity index (χ2v) is 6.46. The topological polar surface area (TPSA) is 21.9 Å². The van der Waals surface area contributed by atoms with Crippen molar-refractivity contribution >= 4 is 5.65 Å². The fourth-order valence-corrected chi connectivity index (χ4v) is 3.48. The zero-order chi connectivity index (χ0) is 18.1. The number of imidazole rings is 1. The molecular weight excluding hydrogens is 330 g/mol. The minimum atomic E-state index is 0.907. The summed E-state index contributed by atoms with van der Waals surface area (Å²) in [5.41, 5.74) is 5.84. The SMILES string of the molecule is c1ccc(-c2cc(-c3ccccc3)c3n(-c4ccccn4)cc[n+]3c2)cc1. The smallest absolute Gasteiger partial charge is 0.218 e. The van der Waals surface area contributed by atoms with Crippen molar-refractivity contribution in [1.29, 1.82) is 0 Å². The highest BCUT2D eigenvalue weighted by Gasteiger charge is 2.20. The Kier molecular flexibility index (Phi) is 3.76. The molecule has 0 amide bonds. The minimum absolute atomic E-state index is 0.907. The lowest BCUT2D eigenvalue weighted by atomic mass is 10.0. The fourth-order valence-electron chi connectivity index (χ4n) is 3.48. The minimum Gasteiger partial charge on any atom is -0.218 e. The van der Waals surface area contributed by atoms with E-state index >= 15 is 0 Å². The standard InChI is InChI=1S/C24H18N3/c1-3-9-19(10-4-1)21-17-22(20-11-5-2-6-12-20)24-26(18-21)15-16-27(24)23-13-7-8-14-25-23/h1-18H/q+1. The molecule has 5 aromatic rings. The van der Waals surface area contributed by atoms with E-state index in [-0.39, 0.29) is 0 Å². The first-order chi connectivity index (χ1) is 13.4. The Morgan fingerprint density at radius 2 is 1.41 bits per heavy atom. The van der Waals surface area contributed by atoms with Crippen molar-refractivity contribution in [3.63, 3.8) is 0 Å². The highest BCUT2D eigenvalue weighted by atomic mass is 15.1. The Hall–Kier alpha value is -3.72. The molecule has 3 heteroatoms. The van der Waals surface area contributed by atoms with Gasteiger partial charge in [-0.2, -0.15) is 4.57 Å². The van der Waals surface area contributed by atoms with Crippen molar-refractivity contribution in [2.75, 3.05) is 0 Å². The summed E-state index contributed by atoms with van der Waals surface area (Å²) >= 11 is 0. The molecule has 0 unspecified atom stereocenters. The third kappa shape index (κ3) is 2.79. The third-order valence-electron chi connectivity index (χ3n) is 4.76. The molecule has 5 rings (SSSR count). The molecule has 0 aliphatic heterocycles. The van der Waals surface area contributed by atoms with Gasteiger partial charge in [0.1, 0.15) is 18.6 Å². The van der Waals surface area contributed by atoms with E-state index in [1.165, 1.54) is 22.3 Å². The van der Waals surface area contributed by atoms with Crippen molar-refractivity contribution in [1.82, 2.24) is 9.55 Å². The van der Waals surface area contributed by atoms with E-state index < -0.39 is 0 Å². The van der Waals surface area contributed by atoms with Crippen LogP contribution in [0.2, 0.25) is 0 Å². The van der Waals surface area contributed by atoms with Crippen LogP contribution in [0.25, 0.3) is 33.7 Å². The summed E-state index contributed by atoms with van der Waals surface area (Å²) < 4.78 is 4.32. The summed E-state index contributed by atoms with van der Waals surface area (Å²) in [7, 11) is 0.